The highest BCUT2D eigenvalue weighted by atomic mass is 16.5. The van der Waals surface area contributed by atoms with Gasteiger partial charge in [0.1, 0.15) is 5.75 Å². The standard InChI is InChI=1S/C12H18O2/c1-9(2)12(3,13)10-7-5-6-8-11(10)14-4/h5-9,13H,1-4H3. The second-order valence-electron chi connectivity index (χ2n) is 4.00. The Morgan fingerprint density at radius 1 is 1.29 bits per heavy atom. The van der Waals surface area contributed by atoms with Crippen LogP contribution in [0.25, 0.3) is 0 Å². The van der Waals surface area contributed by atoms with Crippen molar-refractivity contribution in [2.75, 3.05) is 7.11 Å². The van der Waals surface area contributed by atoms with E-state index in [1.807, 2.05) is 45.0 Å². The van der Waals surface area contributed by atoms with Crippen LogP contribution in [0.4, 0.5) is 0 Å². The minimum Gasteiger partial charge on any atom is -0.496 e. The van der Waals surface area contributed by atoms with Crippen molar-refractivity contribution in [2.24, 2.45) is 5.92 Å². The first-order valence-corrected chi connectivity index (χ1v) is 4.86. The van der Waals surface area contributed by atoms with Crippen LogP contribution < -0.4 is 4.74 Å². The molecule has 0 spiro atoms. The van der Waals surface area contributed by atoms with E-state index in [0.29, 0.717) is 0 Å². The Bertz CT molecular complexity index is 303. The van der Waals surface area contributed by atoms with E-state index in [9.17, 15) is 5.11 Å². The Kier molecular flexibility index (Phi) is 3.17. The molecule has 1 unspecified atom stereocenters. The normalized spacial score (nSPS) is 15.3. The minimum absolute atomic E-state index is 0.152. The van der Waals surface area contributed by atoms with Gasteiger partial charge in [0.05, 0.1) is 12.7 Å². The van der Waals surface area contributed by atoms with E-state index < -0.39 is 5.60 Å². The summed E-state index contributed by atoms with van der Waals surface area (Å²) in [4.78, 5) is 0. The summed E-state index contributed by atoms with van der Waals surface area (Å²) in [5.74, 6) is 0.894. The maximum Gasteiger partial charge on any atom is 0.124 e. The molecule has 0 radical (unpaired) electrons. The number of aliphatic hydroxyl groups is 1. The molecule has 0 bridgehead atoms. The van der Waals surface area contributed by atoms with Crippen LogP contribution in [-0.4, -0.2) is 12.2 Å². The van der Waals surface area contributed by atoms with Crippen molar-refractivity contribution in [3.63, 3.8) is 0 Å². The van der Waals surface area contributed by atoms with Gasteiger partial charge in [0.2, 0.25) is 0 Å². The van der Waals surface area contributed by atoms with Crippen molar-refractivity contribution >= 4 is 0 Å². The molecule has 0 heterocycles. The van der Waals surface area contributed by atoms with Gasteiger partial charge in [0.15, 0.2) is 0 Å². The summed E-state index contributed by atoms with van der Waals surface area (Å²) in [6, 6.07) is 7.58. The number of rotatable bonds is 3. The van der Waals surface area contributed by atoms with Crippen LogP contribution in [-0.2, 0) is 5.60 Å². The van der Waals surface area contributed by atoms with Crippen molar-refractivity contribution in [3.05, 3.63) is 29.8 Å². The van der Waals surface area contributed by atoms with Gasteiger partial charge < -0.3 is 9.84 Å². The number of hydrogen-bond donors (Lipinski definition) is 1. The van der Waals surface area contributed by atoms with Gasteiger partial charge in [0, 0.05) is 5.56 Å². The Balaban J connectivity index is 3.17. The molecule has 0 amide bonds. The quantitative estimate of drug-likeness (QED) is 0.801. The topological polar surface area (TPSA) is 29.5 Å². The molecule has 1 atom stereocenters. The third-order valence-corrected chi connectivity index (χ3v) is 2.78. The molecule has 1 aromatic rings. The van der Waals surface area contributed by atoms with E-state index in [4.69, 9.17) is 4.74 Å². The molecule has 1 N–H and O–H groups in total. The van der Waals surface area contributed by atoms with Crippen molar-refractivity contribution < 1.29 is 9.84 Å². The predicted molar refractivity (Wildman–Crippen MR) is 57.4 cm³/mol. The van der Waals surface area contributed by atoms with Gasteiger partial charge >= 0.3 is 0 Å². The maximum atomic E-state index is 10.3. The van der Waals surface area contributed by atoms with Crippen LogP contribution in [0.1, 0.15) is 26.3 Å². The average molecular weight is 194 g/mol. The second kappa shape index (κ2) is 4.01. The largest absolute Gasteiger partial charge is 0.496 e. The summed E-state index contributed by atoms with van der Waals surface area (Å²) < 4.78 is 5.22. The number of benzene rings is 1. The number of methoxy groups -OCH3 is 1. The molecule has 2 nitrogen and oxygen atoms in total. The monoisotopic (exact) mass is 194 g/mol. The van der Waals surface area contributed by atoms with Gasteiger partial charge in [-0.15, -0.1) is 0 Å². The van der Waals surface area contributed by atoms with Gasteiger partial charge in [-0.1, -0.05) is 32.0 Å². The van der Waals surface area contributed by atoms with Crippen LogP contribution in [0.5, 0.6) is 5.75 Å². The fraction of sp³-hybridized carbons (Fsp3) is 0.500. The first-order chi connectivity index (χ1) is 6.50. The Morgan fingerprint density at radius 2 is 1.86 bits per heavy atom. The molecule has 1 aromatic carbocycles. The van der Waals surface area contributed by atoms with E-state index in [2.05, 4.69) is 0 Å². The highest BCUT2D eigenvalue weighted by molar-refractivity contribution is 5.37. The molecule has 0 aromatic heterocycles. The minimum atomic E-state index is -0.841. The predicted octanol–water partition coefficient (Wildman–Crippen LogP) is 2.56. The molecule has 0 aliphatic carbocycles. The van der Waals surface area contributed by atoms with E-state index in [-0.39, 0.29) is 5.92 Å². The maximum absolute atomic E-state index is 10.3. The van der Waals surface area contributed by atoms with Crippen LogP contribution in [0.15, 0.2) is 24.3 Å². The second-order valence-corrected chi connectivity index (χ2v) is 4.00. The van der Waals surface area contributed by atoms with Crippen molar-refractivity contribution in [3.8, 4) is 5.75 Å². The first-order valence-electron chi connectivity index (χ1n) is 4.86. The zero-order valence-corrected chi connectivity index (χ0v) is 9.24. The van der Waals surface area contributed by atoms with Crippen molar-refractivity contribution in [1.82, 2.24) is 0 Å². The van der Waals surface area contributed by atoms with Gasteiger partial charge in [-0.2, -0.15) is 0 Å². The first kappa shape index (κ1) is 11.1. The van der Waals surface area contributed by atoms with Crippen molar-refractivity contribution in [2.45, 2.75) is 26.4 Å². The number of para-hydroxylation sites is 1. The summed E-state index contributed by atoms with van der Waals surface area (Å²) in [5.41, 5.74) is 0.00424. The zero-order valence-electron chi connectivity index (χ0n) is 9.24. The third kappa shape index (κ3) is 1.90. The Labute approximate surface area is 85.5 Å². The molecule has 0 aliphatic rings. The van der Waals surface area contributed by atoms with Gasteiger partial charge in [-0.3, -0.25) is 0 Å². The summed E-state index contributed by atoms with van der Waals surface area (Å²) in [5, 5.41) is 10.3. The number of ether oxygens (including phenoxy) is 1. The average Bonchev–Trinajstić information content (AvgIpc) is 2.17. The summed E-state index contributed by atoms with van der Waals surface area (Å²) >= 11 is 0. The summed E-state index contributed by atoms with van der Waals surface area (Å²) in [7, 11) is 1.62. The van der Waals surface area contributed by atoms with E-state index in [0.717, 1.165) is 11.3 Å². The summed E-state index contributed by atoms with van der Waals surface area (Å²) in [6.45, 7) is 5.80. The van der Waals surface area contributed by atoms with E-state index >= 15 is 0 Å². The van der Waals surface area contributed by atoms with Gasteiger partial charge in [-0.05, 0) is 18.9 Å². The van der Waals surface area contributed by atoms with Gasteiger partial charge in [-0.25, -0.2) is 0 Å². The van der Waals surface area contributed by atoms with Crippen molar-refractivity contribution in [1.29, 1.82) is 0 Å². The third-order valence-electron chi connectivity index (χ3n) is 2.78. The highest BCUT2D eigenvalue weighted by Gasteiger charge is 2.29. The molecule has 0 saturated carbocycles. The SMILES string of the molecule is COc1ccccc1C(C)(O)C(C)C. The van der Waals surface area contributed by atoms with Gasteiger partial charge in [0.25, 0.3) is 0 Å². The Hall–Kier alpha value is -1.02. The van der Waals surface area contributed by atoms with Crippen LogP contribution in [0.3, 0.4) is 0 Å². The zero-order chi connectivity index (χ0) is 10.8. The molecule has 0 saturated heterocycles. The van der Waals surface area contributed by atoms with Crippen LogP contribution in [0.2, 0.25) is 0 Å². The Morgan fingerprint density at radius 3 is 2.36 bits per heavy atom. The fourth-order valence-electron chi connectivity index (χ4n) is 1.37. The van der Waals surface area contributed by atoms with Crippen LogP contribution in [0, 0.1) is 5.92 Å². The lowest BCUT2D eigenvalue weighted by Gasteiger charge is -2.29. The number of hydrogen-bond acceptors (Lipinski definition) is 2. The molecular formula is C12H18O2. The molecular weight excluding hydrogens is 176 g/mol. The molecule has 2 heteroatoms. The molecule has 1 rings (SSSR count). The summed E-state index contributed by atoms with van der Waals surface area (Å²) in [6.07, 6.45) is 0. The lowest BCUT2D eigenvalue weighted by Crippen LogP contribution is -2.28. The highest BCUT2D eigenvalue weighted by Crippen LogP contribution is 2.34. The molecule has 0 aliphatic heterocycles. The smallest absolute Gasteiger partial charge is 0.124 e. The molecule has 78 valence electrons. The van der Waals surface area contributed by atoms with E-state index in [1.165, 1.54) is 0 Å². The molecule has 14 heavy (non-hydrogen) atoms. The van der Waals surface area contributed by atoms with Crippen LogP contribution >= 0.6 is 0 Å². The molecule has 0 fully saturated rings. The lowest BCUT2D eigenvalue weighted by atomic mass is 9.85. The fourth-order valence-corrected chi connectivity index (χ4v) is 1.37. The van der Waals surface area contributed by atoms with E-state index in [1.54, 1.807) is 7.11 Å². The lowest BCUT2D eigenvalue weighted by molar-refractivity contribution is 0.00696.